The van der Waals surface area contributed by atoms with E-state index in [2.05, 4.69) is 10.6 Å². The Bertz CT molecular complexity index is 540. The van der Waals surface area contributed by atoms with Crippen molar-refractivity contribution in [2.24, 2.45) is 0 Å². The molecular weight excluding hydrogens is 284 g/mol. The van der Waals surface area contributed by atoms with Gasteiger partial charge in [0, 0.05) is 12.1 Å². The number of nitrogens with one attached hydrogen (secondary N) is 2. The lowest BCUT2D eigenvalue weighted by molar-refractivity contribution is -0.139. The molecule has 0 aliphatic rings. The Labute approximate surface area is 129 Å². The first-order chi connectivity index (χ1) is 10.5. The van der Waals surface area contributed by atoms with E-state index in [1.54, 1.807) is 43.3 Å². The molecule has 0 saturated carbocycles. The second-order valence-corrected chi connectivity index (χ2v) is 4.66. The minimum Gasteiger partial charge on any atom is -0.480 e. The Kier molecular flexibility index (Phi) is 7.39. The predicted molar refractivity (Wildman–Crippen MR) is 82.4 cm³/mol. The molecule has 0 aromatic heterocycles. The standard InChI is InChI=1S/C16H20N2O4/c1-2-7-14(19)17-11-6-10-13(16(21)22)18-15(20)12-8-4-3-5-9-12/h2-5,7-9,13H,6,10-11H2,1H3,(H,17,19)(H,18,20)(H,21,22)/t13-/m0/s1. The van der Waals surface area contributed by atoms with Crippen molar-refractivity contribution in [2.75, 3.05) is 6.54 Å². The van der Waals surface area contributed by atoms with Crippen LogP contribution in [0.15, 0.2) is 42.5 Å². The Morgan fingerprint density at radius 2 is 1.91 bits per heavy atom. The van der Waals surface area contributed by atoms with E-state index in [9.17, 15) is 14.4 Å². The van der Waals surface area contributed by atoms with Gasteiger partial charge < -0.3 is 15.7 Å². The molecule has 0 fully saturated rings. The molecular formula is C16H20N2O4. The van der Waals surface area contributed by atoms with Crippen molar-refractivity contribution < 1.29 is 19.5 Å². The van der Waals surface area contributed by atoms with Gasteiger partial charge in [-0.05, 0) is 38.0 Å². The number of aliphatic carboxylic acids is 1. The molecule has 0 saturated heterocycles. The molecule has 1 atom stereocenters. The molecule has 1 rings (SSSR count). The summed E-state index contributed by atoms with van der Waals surface area (Å²) in [5.74, 6) is -1.74. The highest BCUT2D eigenvalue weighted by molar-refractivity contribution is 5.96. The fraction of sp³-hybridized carbons (Fsp3) is 0.312. The Hall–Kier alpha value is -2.63. The average molecular weight is 304 g/mol. The van der Waals surface area contributed by atoms with E-state index >= 15 is 0 Å². The van der Waals surface area contributed by atoms with E-state index in [1.165, 1.54) is 6.08 Å². The number of hydrogen-bond acceptors (Lipinski definition) is 3. The maximum atomic E-state index is 11.9. The van der Waals surface area contributed by atoms with Crippen molar-refractivity contribution in [3.05, 3.63) is 48.0 Å². The molecule has 0 bridgehead atoms. The molecule has 6 heteroatoms. The van der Waals surface area contributed by atoms with Crippen LogP contribution in [0.1, 0.15) is 30.1 Å². The normalized spacial score (nSPS) is 11.9. The first-order valence-electron chi connectivity index (χ1n) is 7.04. The van der Waals surface area contributed by atoms with E-state index in [0.29, 0.717) is 18.5 Å². The number of carbonyl (C=O) groups is 3. The van der Waals surface area contributed by atoms with Crippen LogP contribution in [-0.2, 0) is 9.59 Å². The van der Waals surface area contributed by atoms with Gasteiger partial charge in [0.05, 0.1) is 0 Å². The number of carboxylic acid groups (broad SMARTS) is 1. The highest BCUT2D eigenvalue weighted by Gasteiger charge is 2.20. The van der Waals surface area contributed by atoms with Crippen LogP contribution < -0.4 is 10.6 Å². The Morgan fingerprint density at radius 1 is 1.23 bits per heavy atom. The third kappa shape index (κ3) is 6.21. The maximum absolute atomic E-state index is 11.9. The number of amides is 2. The molecule has 1 aromatic carbocycles. The summed E-state index contributed by atoms with van der Waals surface area (Å²) in [5, 5.41) is 14.3. The molecule has 2 amide bonds. The first-order valence-corrected chi connectivity index (χ1v) is 7.04. The summed E-state index contributed by atoms with van der Waals surface area (Å²) in [6.07, 6.45) is 3.71. The fourth-order valence-corrected chi connectivity index (χ4v) is 1.82. The molecule has 0 aliphatic carbocycles. The van der Waals surface area contributed by atoms with E-state index in [1.807, 2.05) is 0 Å². The largest absolute Gasteiger partial charge is 0.480 e. The van der Waals surface area contributed by atoms with Crippen molar-refractivity contribution in [2.45, 2.75) is 25.8 Å². The van der Waals surface area contributed by atoms with E-state index < -0.39 is 17.9 Å². The quantitative estimate of drug-likeness (QED) is 0.499. The van der Waals surface area contributed by atoms with Crippen LogP contribution in [0.25, 0.3) is 0 Å². The second kappa shape index (κ2) is 9.33. The third-order valence-electron chi connectivity index (χ3n) is 2.93. The molecule has 22 heavy (non-hydrogen) atoms. The molecule has 0 spiro atoms. The summed E-state index contributed by atoms with van der Waals surface area (Å²) < 4.78 is 0. The summed E-state index contributed by atoms with van der Waals surface area (Å²) in [6, 6.07) is 7.45. The van der Waals surface area contributed by atoms with Crippen molar-refractivity contribution in [1.29, 1.82) is 0 Å². The lowest BCUT2D eigenvalue weighted by Crippen LogP contribution is -2.41. The Balaban J connectivity index is 2.44. The molecule has 3 N–H and O–H groups in total. The minimum absolute atomic E-state index is 0.220. The molecule has 0 unspecified atom stereocenters. The van der Waals surface area contributed by atoms with Gasteiger partial charge >= 0.3 is 5.97 Å². The van der Waals surface area contributed by atoms with Crippen molar-refractivity contribution in [1.82, 2.24) is 10.6 Å². The van der Waals surface area contributed by atoms with Crippen LogP contribution in [-0.4, -0.2) is 35.5 Å². The van der Waals surface area contributed by atoms with Gasteiger partial charge in [0.25, 0.3) is 5.91 Å². The zero-order valence-corrected chi connectivity index (χ0v) is 12.4. The highest BCUT2D eigenvalue weighted by Crippen LogP contribution is 2.02. The zero-order chi connectivity index (χ0) is 16.4. The molecule has 6 nitrogen and oxygen atoms in total. The number of rotatable bonds is 8. The predicted octanol–water partition coefficient (Wildman–Crippen LogP) is 1.34. The minimum atomic E-state index is -1.09. The summed E-state index contributed by atoms with van der Waals surface area (Å²) in [7, 11) is 0. The number of allylic oxidation sites excluding steroid dienone is 1. The second-order valence-electron chi connectivity index (χ2n) is 4.66. The number of hydrogen-bond donors (Lipinski definition) is 3. The van der Waals surface area contributed by atoms with Gasteiger partial charge in [-0.15, -0.1) is 0 Å². The molecule has 0 aliphatic heterocycles. The van der Waals surface area contributed by atoms with Crippen LogP contribution in [0, 0.1) is 0 Å². The maximum Gasteiger partial charge on any atom is 0.326 e. The fourth-order valence-electron chi connectivity index (χ4n) is 1.82. The van der Waals surface area contributed by atoms with Gasteiger partial charge in [0.15, 0.2) is 0 Å². The van der Waals surface area contributed by atoms with Gasteiger partial charge in [0.2, 0.25) is 5.91 Å². The summed E-state index contributed by atoms with van der Waals surface area (Å²) in [5.41, 5.74) is 0.412. The number of carboxylic acids is 1. The molecule has 1 aromatic rings. The molecule has 0 radical (unpaired) electrons. The zero-order valence-electron chi connectivity index (χ0n) is 12.4. The lowest BCUT2D eigenvalue weighted by Gasteiger charge is -2.14. The number of carbonyl (C=O) groups excluding carboxylic acids is 2. The molecule has 0 heterocycles. The monoisotopic (exact) mass is 304 g/mol. The van der Waals surface area contributed by atoms with Gasteiger partial charge in [-0.25, -0.2) is 4.79 Å². The smallest absolute Gasteiger partial charge is 0.326 e. The summed E-state index contributed by atoms with van der Waals surface area (Å²) in [4.78, 5) is 34.3. The third-order valence-corrected chi connectivity index (χ3v) is 2.93. The molecule has 118 valence electrons. The average Bonchev–Trinajstić information content (AvgIpc) is 2.51. The van der Waals surface area contributed by atoms with Crippen LogP contribution >= 0.6 is 0 Å². The Morgan fingerprint density at radius 3 is 2.50 bits per heavy atom. The van der Waals surface area contributed by atoms with Crippen molar-refractivity contribution in [3.63, 3.8) is 0 Å². The van der Waals surface area contributed by atoms with Crippen molar-refractivity contribution >= 4 is 17.8 Å². The van der Waals surface area contributed by atoms with Gasteiger partial charge in [-0.1, -0.05) is 24.3 Å². The first kappa shape index (κ1) is 17.4. The van der Waals surface area contributed by atoms with Crippen molar-refractivity contribution in [3.8, 4) is 0 Å². The highest BCUT2D eigenvalue weighted by atomic mass is 16.4. The van der Waals surface area contributed by atoms with Crippen LogP contribution in [0.2, 0.25) is 0 Å². The lowest BCUT2D eigenvalue weighted by atomic mass is 10.1. The summed E-state index contributed by atoms with van der Waals surface area (Å²) >= 11 is 0. The van der Waals surface area contributed by atoms with E-state index in [-0.39, 0.29) is 12.3 Å². The van der Waals surface area contributed by atoms with E-state index in [0.717, 1.165) is 0 Å². The van der Waals surface area contributed by atoms with Gasteiger partial charge in [-0.2, -0.15) is 0 Å². The van der Waals surface area contributed by atoms with Gasteiger partial charge in [0.1, 0.15) is 6.04 Å². The van der Waals surface area contributed by atoms with Crippen LogP contribution in [0.3, 0.4) is 0 Å². The van der Waals surface area contributed by atoms with E-state index in [4.69, 9.17) is 5.11 Å². The summed E-state index contributed by atoms with van der Waals surface area (Å²) in [6.45, 7) is 2.09. The van der Waals surface area contributed by atoms with Crippen LogP contribution in [0.5, 0.6) is 0 Å². The topological polar surface area (TPSA) is 95.5 Å². The SMILES string of the molecule is CC=CC(=O)NCCC[C@H](NC(=O)c1ccccc1)C(=O)O. The van der Waals surface area contributed by atoms with Crippen LogP contribution in [0.4, 0.5) is 0 Å². The van der Waals surface area contributed by atoms with Gasteiger partial charge in [-0.3, -0.25) is 9.59 Å². The number of benzene rings is 1.